The van der Waals surface area contributed by atoms with Crippen molar-refractivity contribution in [2.75, 3.05) is 14.1 Å². The molecule has 0 saturated heterocycles. The highest BCUT2D eigenvalue weighted by atomic mass is 79.9. The first-order valence-electron chi connectivity index (χ1n) is 4.95. The van der Waals surface area contributed by atoms with Crippen LogP contribution in [0.15, 0.2) is 32.1 Å². The molecule has 86 valence electrons. The fraction of sp³-hybridized carbons (Fsp3) is 0.167. The van der Waals surface area contributed by atoms with Crippen LogP contribution in [0.3, 0.4) is 0 Å². The SMILES string of the molecule is CN(C)/C=N/c1oc2cccc(Br)c2c1C#N. The van der Waals surface area contributed by atoms with Crippen molar-refractivity contribution in [2.24, 2.45) is 4.99 Å². The number of halogens is 1. The lowest BCUT2D eigenvalue weighted by Gasteiger charge is -2.00. The van der Waals surface area contributed by atoms with Gasteiger partial charge in [0.15, 0.2) is 0 Å². The Balaban J connectivity index is 2.66. The summed E-state index contributed by atoms with van der Waals surface area (Å²) in [5, 5.41) is 9.94. The summed E-state index contributed by atoms with van der Waals surface area (Å²) in [7, 11) is 3.71. The summed E-state index contributed by atoms with van der Waals surface area (Å²) in [6.45, 7) is 0. The third-order valence-electron chi connectivity index (χ3n) is 2.16. The topological polar surface area (TPSA) is 52.5 Å². The Kier molecular flexibility index (Phi) is 3.16. The van der Waals surface area contributed by atoms with Crippen molar-refractivity contribution in [2.45, 2.75) is 0 Å². The molecule has 1 heterocycles. The highest BCUT2D eigenvalue weighted by Crippen LogP contribution is 2.35. The van der Waals surface area contributed by atoms with Gasteiger partial charge in [0.25, 0.3) is 0 Å². The molecule has 0 atom stereocenters. The first kappa shape index (κ1) is 11.7. The normalized spacial score (nSPS) is 10.9. The van der Waals surface area contributed by atoms with Crippen LogP contribution in [0.5, 0.6) is 0 Å². The van der Waals surface area contributed by atoms with Gasteiger partial charge in [0.05, 0.1) is 11.7 Å². The smallest absolute Gasteiger partial charge is 0.239 e. The second-order valence-corrected chi connectivity index (χ2v) is 4.57. The van der Waals surface area contributed by atoms with Crippen LogP contribution in [-0.4, -0.2) is 25.3 Å². The van der Waals surface area contributed by atoms with E-state index in [-0.39, 0.29) is 0 Å². The number of benzene rings is 1. The Hall–Kier alpha value is -1.80. The predicted octanol–water partition coefficient (Wildman–Crippen LogP) is 3.29. The fourth-order valence-electron chi connectivity index (χ4n) is 1.46. The highest BCUT2D eigenvalue weighted by molar-refractivity contribution is 9.10. The second-order valence-electron chi connectivity index (χ2n) is 3.72. The van der Waals surface area contributed by atoms with E-state index in [1.165, 1.54) is 0 Å². The molecule has 17 heavy (non-hydrogen) atoms. The molecular weight excluding hydrogens is 282 g/mol. The van der Waals surface area contributed by atoms with E-state index in [9.17, 15) is 5.26 Å². The van der Waals surface area contributed by atoms with E-state index in [0.29, 0.717) is 17.0 Å². The average Bonchev–Trinajstić information content (AvgIpc) is 2.65. The molecule has 1 aromatic heterocycles. The lowest BCUT2D eigenvalue weighted by Crippen LogP contribution is -2.06. The van der Waals surface area contributed by atoms with Gasteiger partial charge in [-0.3, -0.25) is 0 Å². The van der Waals surface area contributed by atoms with Crippen LogP contribution < -0.4 is 0 Å². The van der Waals surface area contributed by atoms with Crippen molar-refractivity contribution in [1.82, 2.24) is 4.90 Å². The number of aliphatic imine (C=N–C) groups is 1. The van der Waals surface area contributed by atoms with E-state index in [0.717, 1.165) is 9.86 Å². The Morgan fingerprint density at radius 3 is 2.88 bits per heavy atom. The molecule has 0 fully saturated rings. The van der Waals surface area contributed by atoms with Gasteiger partial charge in [-0.15, -0.1) is 0 Å². The van der Waals surface area contributed by atoms with Gasteiger partial charge in [0.1, 0.15) is 17.2 Å². The van der Waals surface area contributed by atoms with E-state index in [4.69, 9.17) is 4.42 Å². The molecular formula is C12H10BrN3O. The zero-order valence-electron chi connectivity index (χ0n) is 9.44. The molecule has 0 bridgehead atoms. The summed E-state index contributed by atoms with van der Waals surface area (Å²) in [6.07, 6.45) is 1.60. The molecule has 0 saturated carbocycles. The summed E-state index contributed by atoms with van der Waals surface area (Å²) in [5.41, 5.74) is 1.10. The first-order valence-corrected chi connectivity index (χ1v) is 5.74. The number of rotatable bonds is 2. The lowest BCUT2D eigenvalue weighted by molar-refractivity contribution is 0.611. The van der Waals surface area contributed by atoms with Crippen LogP contribution >= 0.6 is 15.9 Å². The largest absolute Gasteiger partial charge is 0.437 e. The molecule has 5 heteroatoms. The second kappa shape index (κ2) is 4.60. The summed E-state index contributed by atoms with van der Waals surface area (Å²) < 4.78 is 6.38. The van der Waals surface area contributed by atoms with Gasteiger partial charge >= 0.3 is 0 Å². The summed E-state index contributed by atoms with van der Waals surface area (Å²) >= 11 is 3.41. The van der Waals surface area contributed by atoms with Gasteiger partial charge in [-0.2, -0.15) is 5.26 Å². The third kappa shape index (κ3) is 2.17. The molecule has 0 N–H and O–H groups in total. The lowest BCUT2D eigenvalue weighted by atomic mass is 10.2. The summed E-state index contributed by atoms with van der Waals surface area (Å²) in [5.74, 6) is 0.336. The molecule has 0 aliphatic rings. The van der Waals surface area contributed by atoms with Crippen molar-refractivity contribution >= 4 is 39.1 Å². The van der Waals surface area contributed by atoms with Crippen molar-refractivity contribution in [1.29, 1.82) is 5.26 Å². The minimum Gasteiger partial charge on any atom is -0.437 e. The van der Waals surface area contributed by atoms with Gasteiger partial charge < -0.3 is 9.32 Å². The highest BCUT2D eigenvalue weighted by Gasteiger charge is 2.15. The van der Waals surface area contributed by atoms with Gasteiger partial charge in [-0.25, -0.2) is 4.99 Å². The molecule has 1 aromatic carbocycles. The van der Waals surface area contributed by atoms with Crippen LogP contribution in [0.2, 0.25) is 0 Å². The Labute approximate surface area is 107 Å². The number of nitrogens with zero attached hydrogens (tertiary/aromatic N) is 3. The number of hydrogen-bond donors (Lipinski definition) is 0. The van der Waals surface area contributed by atoms with E-state index in [1.54, 1.807) is 11.2 Å². The molecule has 2 rings (SSSR count). The van der Waals surface area contributed by atoms with Gasteiger partial charge in [-0.1, -0.05) is 6.07 Å². The quantitative estimate of drug-likeness (QED) is 0.630. The van der Waals surface area contributed by atoms with Crippen molar-refractivity contribution < 1.29 is 4.42 Å². The summed E-state index contributed by atoms with van der Waals surface area (Å²) in [6, 6.07) is 7.67. The minimum absolute atomic E-state index is 0.336. The van der Waals surface area contributed by atoms with Crippen LogP contribution in [0.25, 0.3) is 11.0 Å². The maximum atomic E-state index is 9.18. The molecule has 0 amide bonds. The number of furan rings is 1. The van der Waals surface area contributed by atoms with E-state index in [1.807, 2.05) is 32.3 Å². The molecule has 0 aliphatic carbocycles. The number of nitriles is 1. The number of fused-ring (bicyclic) bond motifs is 1. The van der Waals surface area contributed by atoms with Crippen LogP contribution in [0, 0.1) is 11.3 Å². The Morgan fingerprint density at radius 1 is 1.47 bits per heavy atom. The van der Waals surface area contributed by atoms with Crippen molar-refractivity contribution in [3.05, 3.63) is 28.2 Å². The zero-order valence-corrected chi connectivity index (χ0v) is 11.0. The monoisotopic (exact) mass is 291 g/mol. The van der Waals surface area contributed by atoms with Gasteiger partial charge in [-0.05, 0) is 28.1 Å². The van der Waals surface area contributed by atoms with E-state index < -0.39 is 0 Å². The Morgan fingerprint density at radius 2 is 2.24 bits per heavy atom. The Bertz CT molecular complexity index is 622. The summed E-state index contributed by atoms with van der Waals surface area (Å²) in [4.78, 5) is 5.93. The van der Waals surface area contributed by atoms with Crippen LogP contribution in [0.1, 0.15) is 5.56 Å². The third-order valence-corrected chi connectivity index (χ3v) is 2.82. The standard InChI is InChI=1S/C12H10BrN3O/c1-16(2)7-15-12-8(6-14)11-9(13)4-3-5-10(11)17-12/h3-5,7H,1-2H3/b15-7+. The van der Waals surface area contributed by atoms with Gasteiger partial charge in [0.2, 0.25) is 5.88 Å². The predicted molar refractivity (Wildman–Crippen MR) is 70.5 cm³/mol. The zero-order chi connectivity index (χ0) is 12.4. The minimum atomic E-state index is 0.336. The maximum Gasteiger partial charge on any atom is 0.239 e. The number of hydrogen-bond acceptors (Lipinski definition) is 3. The maximum absolute atomic E-state index is 9.18. The van der Waals surface area contributed by atoms with Gasteiger partial charge in [0, 0.05) is 18.6 Å². The first-order chi connectivity index (χ1) is 8.13. The molecule has 0 aliphatic heterocycles. The van der Waals surface area contributed by atoms with E-state index in [2.05, 4.69) is 27.0 Å². The van der Waals surface area contributed by atoms with E-state index >= 15 is 0 Å². The van der Waals surface area contributed by atoms with Crippen LogP contribution in [0.4, 0.5) is 5.88 Å². The molecule has 4 nitrogen and oxygen atoms in total. The molecule has 0 unspecified atom stereocenters. The van der Waals surface area contributed by atoms with Crippen LogP contribution in [-0.2, 0) is 0 Å². The average molecular weight is 292 g/mol. The van der Waals surface area contributed by atoms with Crippen molar-refractivity contribution in [3.63, 3.8) is 0 Å². The molecule has 2 aromatic rings. The molecule has 0 spiro atoms. The molecule has 0 radical (unpaired) electrons. The fourth-order valence-corrected chi connectivity index (χ4v) is 2.00. The van der Waals surface area contributed by atoms with Crippen molar-refractivity contribution in [3.8, 4) is 6.07 Å².